The number of ketones is 1. The Balaban J connectivity index is 1.71. The zero-order valence-corrected chi connectivity index (χ0v) is 20.5. The third-order valence-corrected chi connectivity index (χ3v) is 12.6. The largest absolute Gasteiger partial charge is 0.543 e. The lowest BCUT2D eigenvalue weighted by Crippen LogP contribution is -2.43. The predicted octanol–water partition coefficient (Wildman–Crippen LogP) is 7.51. The van der Waals surface area contributed by atoms with E-state index in [1.54, 1.807) is 0 Å². The van der Waals surface area contributed by atoms with Crippen molar-refractivity contribution in [3.05, 3.63) is 35.9 Å². The van der Waals surface area contributed by atoms with E-state index in [4.69, 9.17) is 4.43 Å². The van der Waals surface area contributed by atoms with Gasteiger partial charge in [0.25, 0.3) is 0 Å². The summed E-state index contributed by atoms with van der Waals surface area (Å²) < 4.78 is 6.48. The molecule has 0 bridgehead atoms. The van der Waals surface area contributed by atoms with Crippen LogP contribution < -0.4 is 4.43 Å². The molecule has 0 aromatic heterocycles. The zero-order chi connectivity index (χ0) is 21.4. The van der Waals surface area contributed by atoms with Crippen molar-refractivity contribution >= 4 is 20.2 Å². The lowest BCUT2D eigenvalue weighted by atomic mass is 9.62. The molecule has 1 aromatic rings. The highest BCUT2D eigenvalue weighted by Gasteiger charge is 2.51. The molecule has 0 saturated heterocycles. The molecule has 2 aliphatic carbocycles. The van der Waals surface area contributed by atoms with Crippen molar-refractivity contribution in [2.75, 3.05) is 0 Å². The number of carbonyl (C=O) groups is 1. The second-order valence-electron chi connectivity index (χ2n) is 11.2. The Morgan fingerprint density at radius 3 is 2.66 bits per heavy atom. The van der Waals surface area contributed by atoms with Crippen LogP contribution in [-0.2, 0) is 4.79 Å². The second kappa shape index (κ2) is 8.06. The highest BCUT2D eigenvalue weighted by Crippen LogP contribution is 2.56. The van der Waals surface area contributed by atoms with Crippen molar-refractivity contribution in [3.63, 3.8) is 0 Å². The summed E-state index contributed by atoms with van der Waals surface area (Å²) in [7, 11) is -1.83. The average molecular weight is 413 g/mol. The summed E-state index contributed by atoms with van der Waals surface area (Å²) in [4.78, 5) is 12.4. The maximum Gasteiger partial charge on any atom is 0.250 e. The number of carbonyl (C=O) groups excluding carboxylic acids is 1. The number of hydrogen-bond donors (Lipinski definition) is 0. The smallest absolute Gasteiger partial charge is 0.250 e. The standard InChI is InChI=1S/C26H40O2Si/c1-19(22-15-16-23-24(27)12-9-17-26(22,23)5)13-14-20-10-8-11-21(18-20)28-29(6,7)25(2,3)4/h8,10-11,13-14,18-19,22-23H,9,12,15-17H2,1-7H3/b14-13+/t19-,22-,23?,26-/m1/s1. The molecule has 4 atom stereocenters. The van der Waals surface area contributed by atoms with Crippen LogP contribution >= 0.6 is 0 Å². The molecule has 2 fully saturated rings. The maximum absolute atomic E-state index is 12.4. The monoisotopic (exact) mass is 412 g/mol. The van der Waals surface area contributed by atoms with Crippen molar-refractivity contribution in [1.29, 1.82) is 0 Å². The van der Waals surface area contributed by atoms with E-state index in [1.165, 1.54) is 18.4 Å². The Kier molecular flexibility index (Phi) is 6.20. The lowest BCUT2D eigenvalue weighted by molar-refractivity contribution is -0.129. The maximum atomic E-state index is 12.4. The minimum atomic E-state index is -1.83. The first-order valence-electron chi connectivity index (χ1n) is 11.4. The molecule has 1 unspecified atom stereocenters. The van der Waals surface area contributed by atoms with E-state index in [0.29, 0.717) is 23.5 Å². The zero-order valence-electron chi connectivity index (χ0n) is 19.5. The van der Waals surface area contributed by atoms with Gasteiger partial charge in [-0.2, -0.15) is 0 Å². The molecule has 1 aromatic carbocycles. The van der Waals surface area contributed by atoms with E-state index in [-0.39, 0.29) is 10.5 Å². The summed E-state index contributed by atoms with van der Waals surface area (Å²) in [6, 6.07) is 8.51. The SMILES string of the molecule is C[C@H](/C=C/c1cccc(O[Si](C)(C)C(C)(C)C)c1)[C@H]1CCC2C(=O)CCC[C@@]21C. The number of fused-ring (bicyclic) bond motifs is 1. The molecule has 3 rings (SSSR count). The molecule has 3 heteroatoms. The molecule has 29 heavy (non-hydrogen) atoms. The van der Waals surface area contributed by atoms with Gasteiger partial charge in [-0.1, -0.05) is 58.9 Å². The Bertz CT molecular complexity index is 773. The van der Waals surface area contributed by atoms with E-state index < -0.39 is 8.32 Å². The topological polar surface area (TPSA) is 26.3 Å². The normalized spacial score (nSPS) is 29.1. The van der Waals surface area contributed by atoms with Crippen LogP contribution in [0.2, 0.25) is 18.1 Å². The minimum Gasteiger partial charge on any atom is -0.543 e. The van der Waals surface area contributed by atoms with Gasteiger partial charge in [0.1, 0.15) is 11.5 Å². The molecule has 0 aliphatic heterocycles. The first-order valence-corrected chi connectivity index (χ1v) is 14.3. The summed E-state index contributed by atoms with van der Waals surface area (Å²) in [5, 5.41) is 0.194. The number of allylic oxidation sites excluding steroid dienone is 1. The first-order chi connectivity index (χ1) is 13.4. The Hall–Kier alpha value is -1.35. The summed E-state index contributed by atoms with van der Waals surface area (Å²) >= 11 is 0. The number of benzene rings is 1. The van der Waals surface area contributed by atoms with Crippen LogP contribution in [0.3, 0.4) is 0 Å². The second-order valence-corrected chi connectivity index (χ2v) is 15.9. The molecule has 0 radical (unpaired) electrons. The van der Waals surface area contributed by atoms with Gasteiger partial charge >= 0.3 is 0 Å². The van der Waals surface area contributed by atoms with E-state index in [1.807, 2.05) is 0 Å². The van der Waals surface area contributed by atoms with Crippen molar-refractivity contribution in [3.8, 4) is 5.75 Å². The molecule has 0 spiro atoms. The molecule has 160 valence electrons. The highest BCUT2D eigenvalue weighted by atomic mass is 28.4. The van der Waals surface area contributed by atoms with Gasteiger partial charge in [-0.05, 0) is 78.8 Å². The summed E-state index contributed by atoms with van der Waals surface area (Å²) in [6.07, 6.45) is 9.99. The van der Waals surface area contributed by atoms with Crippen LogP contribution in [-0.4, -0.2) is 14.1 Å². The van der Waals surface area contributed by atoms with E-state index in [0.717, 1.165) is 25.0 Å². The fraction of sp³-hybridized carbons (Fsp3) is 0.654. The molecule has 0 amide bonds. The highest BCUT2D eigenvalue weighted by molar-refractivity contribution is 6.74. The minimum absolute atomic E-state index is 0.194. The molecule has 2 saturated carbocycles. The fourth-order valence-corrected chi connectivity index (χ4v) is 6.38. The molecule has 0 heterocycles. The molecular weight excluding hydrogens is 372 g/mol. The van der Waals surface area contributed by atoms with Gasteiger partial charge in [-0.3, -0.25) is 4.79 Å². The third-order valence-electron chi connectivity index (χ3n) is 8.20. The van der Waals surface area contributed by atoms with Crippen LogP contribution in [0.1, 0.15) is 72.3 Å². The lowest BCUT2D eigenvalue weighted by Gasteiger charge is -2.41. The number of rotatable bonds is 5. The predicted molar refractivity (Wildman–Crippen MR) is 126 cm³/mol. The Labute approximate surface area is 179 Å². The van der Waals surface area contributed by atoms with Gasteiger partial charge in [0.15, 0.2) is 0 Å². The molecule has 0 N–H and O–H groups in total. The van der Waals surface area contributed by atoms with Crippen LogP contribution in [0.15, 0.2) is 30.3 Å². The van der Waals surface area contributed by atoms with Gasteiger partial charge in [-0.25, -0.2) is 0 Å². The van der Waals surface area contributed by atoms with Gasteiger partial charge in [0.05, 0.1) is 0 Å². The molecular formula is C26H40O2Si. The van der Waals surface area contributed by atoms with E-state index >= 15 is 0 Å². The summed E-state index contributed by atoms with van der Waals surface area (Å²) in [5.74, 6) is 2.91. The third kappa shape index (κ3) is 4.55. The van der Waals surface area contributed by atoms with Crippen LogP contribution in [0.25, 0.3) is 6.08 Å². The van der Waals surface area contributed by atoms with Gasteiger partial charge in [-0.15, -0.1) is 0 Å². The van der Waals surface area contributed by atoms with Crippen molar-refractivity contribution < 1.29 is 9.22 Å². The van der Waals surface area contributed by atoms with Gasteiger partial charge in [0, 0.05) is 12.3 Å². The Morgan fingerprint density at radius 1 is 1.24 bits per heavy atom. The Morgan fingerprint density at radius 2 is 1.97 bits per heavy atom. The van der Waals surface area contributed by atoms with Crippen molar-refractivity contribution in [2.24, 2.45) is 23.2 Å². The summed E-state index contributed by atoms with van der Waals surface area (Å²) in [6.45, 7) is 16.1. The van der Waals surface area contributed by atoms with Crippen molar-refractivity contribution in [1.82, 2.24) is 0 Å². The van der Waals surface area contributed by atoms with Crippen LogP contribution in [0, 0.1) is 23.2 Å². The quantitative estimate of drug-likeness (QED) is 0.468. The van der Waals surface area contributed by atoms with Crippen LogP contribution in [0.5, 0.6) is 5.75 Å². The van der Waals surface area contributed by atoms with Gasteiger partial charge < -0.3 is 4.43 Å². The average Bonchev–Trinajstić information content (AvgIpc) is 2.97. The number of hydrogen-bond acceptors (Lipinski definition) is 2. The summed E-state index contributed by atoms with van der Waals surface area (Å²) in [5.41, 5.74) is 1.40. The first kappa shape index (κ1) is 22.3. The number of Topliss-reactive ketones (excluding diaryl/α,β-unsaturated/α-hetero) is 1. The van der Waals surface area contributed by atoms with E-state index in [2.05, 4.69) is 84.1 Å². The van der Waals surface area contributed by atoms with Crippen LogP contribution in [0.4, 0.5) is 0 Å². The molecule has 2 nitrogen and oxygen atoms in total. The fourth-order valence-electron chi connectivity index (χ4n) is 5.36. The van der Waals surface area contributed by atoms with E-state index in [9.17, 15) is 4.79 Å². The molecule has 2 aliphatic rings. The van der Waals surface area contributed by atoms with Crippen molar-refractivity contribution in [2.45, 2.75) is 84.9 Å². The van der Waals surface area contributed by atoms with Gasteiger partial charge in [0.2, 0.25) is 8.32 Å².